The Morgan fingerprint density at radius 3 is 3.12 bits per heavy atom. The van der Waals surface area contributed by atoms with Crippen LogP contribution in [0.15, 0.2) is 12.4 Å². The van der Waals surface area contributed by atoms with Gasteiger partial charge in [0.05, 0.1) is 11.9 Å². The number of carbonyl (C=O) groups excluding carboxylic acids is 1. The van der Waals surface area contributed by atoms with E-state index >= 15 is 0 Å². The van der Waals surface area contributed by atoms with Crippen LogP contribution in [0.5, 0.6) is 0 Å². The molecule has 0 radical (unpaired) electrons. The first-order chi connectivity index (χ1) is 8.19. The largest absolute Gasteiger partial charge is 0.396 e. The van der Waals surface area contributed by atoms with Crippen LogP contribution in [-0.4, -0.2) is 45.4 Å². The van der Waals surface area contributed by atoms with Gasteiger partial charge < -0.3 is 15.7 Å². The molecule has 0 aliphatic carbocycles. The van der Waals surface area contributed by atoms with Crippen molar-refractivity contribution in [1.29, 1.82) is 0 Å². The molecule has 1 aromatic rings. The molecule has 0 bridgehead atoms. The molecule has 1 amide bonds. The van der Waals surface area contributed by atoms with E-state index in [2.05, 4.69) is 5.10 Å². The zero-order valence-corrected chi connectivity index (χ0v) is 9.75. The average Bonchev–Trinajstić information content (AvgIpc) is 2.88. The molecular weight excluding hydrogens is 220 g/mol. The Kier molecular flexibility index (Phi) is 3.63. The molecule has 2 rings (SSSR count). The maximum Gasteiger partial charge on any atom is 0.244 e. The zero-order valence-electron chi connectivity index (χ0n) is 9.75. The lowest BCUT2D eigenvalue weighted by molar-refractivity contribution is -0.131. The molecule has 1 fully saturated rings. The summed E-state index contributed by atoms with van der Waals surface area (Å²) in [6, 6.07) is 0. The van der Waals surface area contributed by atoms with Crippen molar-refractivity contribution in [3.63, 3.8) is 0 Å². The third kappa shape index (κ3) is 2.97. The molecule has 17 heavy (non-hydrogen) atoms. The third-order valence-corrected chi connectivity index (χ3v) is 3.13. The SMILES string of the molecule is Nc1cnn(CC(=O)N2CCC(CCO)C2)c1. The van der Waals surface area contributed by atoms with Crippen molar-refractivity contribution in [2.75, 3.05) is 25.4 Å². The predicted octanol–water partition coefficient (Wildman–Crippen LogP) is -0.304. The van der Waals surface area contributed by atoms with Crippen LogP contribution < -0.4 is 5.73 Å². The van der Waals surface area contributed by atoms with Gasteiger partial charge in [-0.25, -0.2) is 0 Å². The summed E-state index contributed by atoms with van der Waals surface area (Å²) < 4.78 is 1.55. The van der Waals surface area contributed by atoms with Crippen molar-refractivity contribution in [2.45, 2.75) is 19.4 Å². The van der Waals surface area contributed by atoms with Gasteiger partial charge in [0.1, 0.15) is 6.54 Å². The maximum atomic E-state index is 11.9. The minimum atomic E-state index is 0.0635. The van der Waals surface area contributed by atoms with Gasteiger partial charge in [-0.15, -0.1) is 0 Å². The van der Waals surface area contributed by atoms with Gasteiger partial charge in [-0.05, 0) is 18.8 Å². The van der Waals surface area contributed by atoms with E-state index in [1.54, 1.807) is 10.9 Å². The van der Waals surface area contributed by atoms with Crippen LogP contribution in [0.4, 0.5) is 5.69 Å². The number of hydrogen-bond donors (Lipinski definition) is 2. The van der Waals surface area contributed by atoms with Crippen LogP contribution in [0.25, 0.3) is 0 Å². The molecule has 6 heteroatoms. The Balaban J connectivity index is 1.85. The number of amides is 1. The number of likely N-dealkylation sites (tertiary alicyclic amines) is 1. The number of aromatic nitrogens is 2. The van der Waals surface area contributed by atoms with Crippen LogP contribution in [0.2, 0.25) is 0 Å². The molecule has 1 saturated heterocycles. The van der Waals surface area contributed by atoms with E-state index < -0.39 is 0 Å². The van der Waals surface area contributed by atoms with Crippen LogP contribution >= 0.6 is 0 Å². The van der Waals surface area contributed by atoms with Crippen molar-refractivity contribution < 1.29 is 9.90 Å². The summed E-state index contributed by atoms with van der Waals surface area (Å²) in [6.45, 7) is 1.96. The van der Waals surface area contributed by atoms with Gasteiger partial charge in [-0.2, -0.15) is 5.10 Å². The number of nitrogens with zero attached hydrogens (tertiary/aromatic N) is 3. The summed E-state index contributed by atoms with van der Waals surface area (Å²) in [5, 5.41) is 12.8. The van der Waals surface area contributed by atoms with Crippen molar-refractivity contribution in [3.05, 3.63) is 12.4 Å². The normalized spacial score (nSPS) is 19.8. The molecule has 1 aromatic heterocycles. The molecule has 1 aliphatic rings. The molecule has 0 saturated carbocycles. The first kappa shape index (κ1) is 11.9. The topological polar surface area (TPSA) is 84.4 Å². The summed E-state index contributed by atoms with van der Waals surface area (Å²) in [4.78, 5) is 13.8. The number of anilines is 1. The van der Waals surface area contributed by atoms with E-state index in [4.69, 9.17) is 10.8 Å². The number of nitrogen functional groups attached to an aromatic ring is 1. The summed E-state index contributed by atoms with van der Waals surface area (Å²) >= 11 is 0. The van der Waals surface area contributed by atoms with E-state index in [1.807, 2.05) is 4.90 Å². The Morgan fingerprint density at radius 2 is 2.47 bits per heavy atom. The quantitative estimate of drug-likeness (QED) is 0.754. The van der Waals surface area contributed by atoms with Gasteiger partial charge in [0.25, 0.3) is 0 Å². The molecule has 1 unspecified atom stereocenters. The number of carbonyl (C=O) groups is 1. The second-order valence-corrected chi connectivity index (χ2v) is 4.48. The molecular formula is C11H18N4O2. The zero-order chi connectivity index (χ0) is 12.3. The van der Waals surface area contributed by atoms with Crippen LogP contribution in [0, 0.1) is 5.92 Å². The Morgan fingerprint density at radius 1 is 1.65 bits per heavy atom. The van der Waals surface area contributed by atoms with Gasteiger partial charge in [-0.1, -0.05) is 0 Å². The van der Waals surface area contributed by atoms with E-state index in [1.165, 1.54) is 6.20 Å². The van der Waals surface area contributed by atoms with Crippen molar-refractivity contribution in [2.24, 2.45) is 5.92 Å². The number of aliphatic hydroxyl groups excluding tert-OH is 1. The molecule has 1 aliphatic heterocycles. The summed E-state index contributed by atoms with van der Waals surface area (Å²) in [5.41, 5.74) is 6.10. The minimum absolute atomic E-state index is 0.0635. The van der Waals surface area contributed by atoms with Crippen molar-refractivity contribution >= 4 is 11.6 Å². The fraction of sp³-hybridized carbons (Fsp3) is 0.636. The lowest BCUT2D eigenvalue weighted by Crippen LogP contribution is -2.32. The highest BCUT2D eigenvalue weighted by molar-refractivity contribution is 5.76. The van der Waals surface area contributed by atoms with Crippen molar-refractivity contribution in [1.82, 2.24) is 14.7 Å². The fourth-order valence-corrected chi connectivity index (χ4v) is 2.18. The Labute approximate surface area is 100 Å². The summed E-state index contributed by atoms with van der Waals surface area (Å²) in [6.07, 6.45) is 4.94. The summed E-state index contributed by atoms with van der Waals surface area (Å²) in [5.74, 6) is 0.500. The fourth-order valence-electron chi connectivity index (χ4n) is 2.18. The van der Waals surface area contributed by atoms with Gasteiger partial charge in [0, 0.05) is 25.9 Å². The first-order valence-corrected chi connectivity index (χ1v) is 5.85. The van der Waals surface area contributed by atoms with Gasteiger partial charge in [-0.3, -0.25) is 9.48 Å². The Hall–Kier alpha value is -1.56. The lowest BCUT2D eigenvalue weighted by Gasteiger charge is -2.16. The summed E-state index contributed by atoms with van der Waals surface area (Å²) in [7, 11) is 0. The smallest absolute Gasteiger partial charge is 0.244 e. The highest BCUT2D eigenvalue weighted by Gasteiger charge is 2.25. The van der Waals surface area contributed by atoms with Crippen LogP contribution in [0.3, 0.4) is 0 Å². The molecule has 94 valence electrons. The van der Waals surface area contributed by atoms with Gasteiger partial charge >= 0.3 is 0 Å². The minimum Gasteiger partial charge on any atom is -0.396 e. The maximum absolute atomic E-state index is 11.9. The van der Waals surface area contributed by atoms with E-state index in [-0.39, 0.29) is 19.1 Å². The highest BCUT2D eigenvalue weighted by Crippen LogP contribution is 2.19. The second kappa shape index (κ2) is 5.18. The Bertz CT molecular complexity index is 391. The molecule has 1 atom stereocenters. The standard InChI is InChI=1S/C11H18N4O2/c12-10-5-13-15(7-10)8-11(17)14-3-1-9(6-14)2-4-16/h5,7,9,16H,1-4,6,8,12H2. The molecule has 6 nitrogen and oxygen atoms in total. The van der Waals surface area contributed by atoms with Crippen molar-refractivity contribution in [3.8, 4) is 0 Å². The number of aliphatic hydroxyl groups is 1. The number of hydrogen-bond acceptors (Lipinski definition) is 4. The average molecular weight is 238 g/mol. The van der Waals surface area contributed by atoms with Crippen LogP contribution in [0.1, 0.15) is 12.8 Å². The van der Waals surface area contributed by atoms with E-state index in [0.29, 0.717) is 11.6 Å². The van der Waals surface area contributed by atoms with E-state index in [9.17, 15) is 4.79 Å². The van der Waals surface area contributed by atoms with Gasteiger partial charge in [0.15, 0.2) is 0 Å². The second-order valence-electron chi connectivity index (χ2n) is 4.48. The molecule has 3 N–H and O–H groups in total. The third-order valence-electron chi connectivity index (χ3n) is 3.13. The lowest BCUT2D eigenvalue weighted by atomic mass is 10.1. The highest BCUT2D eigenvalue weighted by atomic mass is 16.3. The number of nitrogens with two attached hydrogens (primary N) is 1. The number of rotatable bonds is 4. The van der Waals surface area contributed by atoms with E-state index in [0.717, 1.165) is 25.9 Å². The van der Waals surface area contributed by atoms with Crippen LogP contribution in [-0.2, 0) is 11.3 Å². The van der Waals surface area contributed by atoms with Gasteiger partial charge in [0.2, 0.25) is 5.91 Å². The first-order valence-electron chi connectivity index (χ1n) is 5.85. The monoisotopic (exact) mass is 238 g/mol. The molecule has 0 aromatic carbocycles. The molecule has 2 heterocycles. The predicted molar refractivity (Wildman–Crippen MR) is 63.0 cm³/mol. The molecule has 0 spiro atoms.